The maximum atomic E-state index is 12.4. The zero-order valence-electron chi connectivity index (χ0n) is 15.9. The van der Waals surface area contributed by atoms with Crippen molar-refractivity contribution in [1.29, 1.82) is 0 Å². The lowest BCUT2D eigenvalue weighted by atomic mass is 10.1. The lowest BCUT2D eigenvalue weighted by molar-refractivity contribution is -0.121. The van der Waals surface area contributed by atoms with Crippen LogP contribution in [0.3, 0.4) is 0 Å². The lowest BCUT2D eigenvalue weighted by Gasteiger charge is -2.18. The standard InChI is InChI=1S/C20H18N4O5S/c25-18(9-14-11-30-20-21-4-3-19(26)24(14)20)22-10-13-8-16(29-23-13)12-1-2-15-17(7-12)28-6-5-27-15/h1-4,7-8,14H,5-6,9-11H2,(H,22,25). The van der Waals surface area contributed by atoms with Gasteiger partial charge in [-0.3, -0.25) is 14.2 Å². The Morgan fingerprint density at radius 1 is 1.20 bits per heavy atom. The monoisotopic (exact) mass is 426 g/mol. The van der Waals surface area contributed by atoms with Gasteiger partial charge in [0, 0.05) is 36.1 Å². The summed E-state index contributed by atoms with van der Waals surface area (Å²) in [5.41, 5.74) is 1.28. The number of aromatic nitrogens is 3. The number of carbonyl (C=O) groups excluding carboxylic acids is 1. The molecule has 9 nitrogen and oxygen atoms in total. The number of carbonyl (C=O) groups is 1. The van der Waals surface area contributed by atoms with Crippen LogP contribution in [-0.2, 0) is 11.3 Å². The first-order valence-corrected chi connectivity index (χ1v) is 10.5. The molecule has 1 amide bonds. The van der Waals surface area contributed by atoms with Gasteiger partial charge in [-0.2, -0.15) is 0 Å². The first kappa shape index (κ1) is 18.7. The highest BCUT2D eigenvalue weighted by Crippen LogP contribution is 2.35. The van der Waals surface area contributed by atoms with Gasteiger partial charge in [0.15, 0.2) is 22.4 Å². The summed E-state index contributed by atoms with van der Waals surface area (Å²) in [6.45, 7) is 1.28. The molecule has 2 aromatic heterocycles. The molecule has 1 atom stereocenters. The Hall–Kier alpha value is -3.27. The van der Waals surface area contributed by atoms with E-state index in [0.29, 0.717) is 47.1 Å². The minimum atomic E-state index is -0.197. The van der Waals surface area contributed by atoms with Crippen molar-refractivity contribution in [3.05, 3.63) is 52.6 Å². The zero-order valence-corrected chi connectivity index (χ0v) is 16.7. The van der Waals surface area contributed by atoms with Crippen molar-refractivity contribution in [2.45, 2.75) is 24.2 Å². The summed E-state index contributed by atoms with van der Waals surface area (Å²) in [5, 5.41) is 7.52. The molecule has 2 aliphatic rings. The molecule has 1 aromatic carbocycles. The zero-order chi connectivity index (χ0) is 20.5. The molecular weight excluding hydrogens is 408 g/mol. The van der Waals surface area contributed by atoms with Gasteiger partial charge in [0.2, 0.25) is 5.91 Å². The predicted octanol–water partition coefficient (Wildman–Crippen LogP) is 2.02. The predicted molar refractivity (Wildman–Crippen MR) is 108 cm³/mol. The van der Waals surface area contributed by atoms with Crippen molar-refractivity contribution >= 4 is 17.7 Å². The average molecular weight is 426 g/mol. The summed E-state index contributed by atoms with van der Waals surface area (Å²) >= 11 is 1.48. The van der Waals surface area contributed by atoms with Gasteiger partial charge in [-0.1, -0.05) is 16.9 Å². The van der Waals surface area contributed by atoms with E-state index >= 15 is 0 Å². The first-order valence-electron chi connectivity index (χ1n) is 9.50. The van der Waals surface area contributed by atoms with Crippen molar-refractivity contribution in [2.24, 2.45) is 0 Å². The summed E-state index contributed by atoms with van der Waals surface area (Å²) in [6, 6.07) is 8.55. The molecule has 154 valence electrons. The van der Waals surface area contributed by atoms with Crippen molar-refractivity contribution < 1.29 is 18.8 Å². The molecule has 5 rings (SSSR count). The van der Waals surface area contributed by atoms with Crippen molar-refractivity contribution in [1.82, 2.24) is 20.0 Å². The third-order valence-corrected chi connectivity index (χ3v) is 6.00. The Labute approximate surface area is 175 Å². The number of hydrogen-bond donors (Lipinski definition) is 1. The van der Waals surface area contributed by atoms with E-state index in [1.807, 2.05) is 18.2 Å². The molecule has 0 saturated heterocycles. The second-order valence-corrected chi connectivity index (χ2v) is 7.91. The highest BCUT2D eigenvalue weighted by molar-refractivity contribution is 7.99. The maximum Gasteiger partial charge on any atom is 0.254 e. The summed E-state index contributed by atoms with van der Waals surface area (Å²) < 4.78 is 18.1. The molecule has 1 unspecified atom stereocenters. The SMILES string of the molecule is O=C(CC1CSc2nccc(=O)n21)NCc1cc(-c2ccc3c(c2)OCCO3)on1. The number of ether oxygens (including phenoxy) is 2. The van der Waals surface area contributed by atoms with E-state index < -0.39 is 0 Å². The average Bonchev–Trinajstić information content (AvgIpc) is 3.40. The third-order valence-electron chi connectivity index (χ3n) is 4.89. The van der Waals surface area contributed by atoms with Crippen LogP contribution in [0.5, 0.6) is 11.5 Å². The van der Waals surface area contributed by atoms with Crippen LogP contribution in [0.25, 0.3) is 11.3 Å². The molecule has 0 bridgehead atoms. The molecule has 3 aromatic rings. The Morgan fingerprint density at radius 2 is 2.07 bits per heavy atom. The van der Waals surface area contributed by atoms with Gasteiger partial charge in [0.25, 0.3) is 5.56 Å². The van der Waals surface area contributed by atoms with E-state index in [-0.39, 0.29) is 30.5 Å². The number of hydrogen-bond acceptors (Lipinski definition) is 8. The van der Waals surface area contributed by atoms with Gasteiger partial charge < -0.3 is 19.3 Å². The highest BCUT2D eigenvalue weighted by atomic mass is 32.2. The van der Waals surface area contributed by atoms with Gasteiger partial charge in [0.1, 0.15) is 18.9 Å². The summed E-state index contributed by atoms with van der Waals surface area (Å²) in [6.07, 6.45) is 1.70. The Bertz CT molecular complexity index is 1160. The molecule has 0 fully saturated rings. The quantitative estimate of drug-likeness (QED) is 0.618. The number of nitrogens with zero attached hydrogens (tertiary/aromatic N) is 3. The van der Waals surface area contributed by atoms with Gasteiger partial charge >= 0.3 is 0 Å². The first-order chi connectivity index (χ1) is 14.7. The van der Waals surface area contributed by atoms with Gasteiger partial charge in [0.05, 0.1) is 12.6 Å². The van der Waals surface area contributed by atoms with Crippen molar-refractivity contribution in [3.63, 3.8) is 0 Å². The van der Waals surface area contributed by atoms with E-state index in [1.54, 1.807) is 10.6 Å². The second kappa shape index (κ2) is 7.86. The van der Waals surface area contributed by atoms with Crippen molar-refractivity contribution in [3.8, 4) is 22.8 Å². The topological polar surface area (TPSA) is 108 Å². The van der Waals surface area contributed by atoms with Crippen LogP contribution in [-0.4, -0.2) is 39.6 Å². The summed E-state index contributed by atoms with van der Waals surface area (Å²) in [5.74, 6) is 2.45. The van der Waals surface area contributed by atoms with E-state index in [1.165, 1.54) is 24.0 Å². The molecule has 30 heavy (non-hydrogen) atoms. The summed E-state index contributed by atoms with van der Waals surface area (Å²) in [4.78, 5) is 28.6. The lowest BCUT2D eigenvalue weighted by Crippen LogP contribution is -2.30. The Morgan fingerprint density at radius 3 is 2.97 bits per heavy atom. The number of fused-ring (bicyclic) bond motifs is 2. The number of nitrogens with one attached hydrogen (secondary N) is 1. The largest absolute Gasteiger partial charge is 0.486 e. The molecule has 4 heterocycles. The molecule has 1 N–H and O–H groups in total. The van der Waals surface area contributed by atoms with E-state index in [0.717, 1.165) is 5.56 Å². The van der Waals surface area contributed by atoms with E-state index in [4.69, 9.17) is 14.0 Å². The highest BCUT2D eigenvalue weighted by Gasteiger charge is 2.26. The van der Waals surface area contributed by atoms with Crippen LogP contribution < -0.4 is 20.3 Å². The Kier molecular flexibility index (Phi) is 4.91. The molecular formula is C20H18N4O5S. The van der Waals surface area contributed by atoms with Crippen LogP contribution in [0.4, 0.5) is 0 Å². The molecule has 0 spiro atoms. The normalized spacial score (nSPS) is 16.9. The molecule has 10 heteroatoms. The van der Waals surface area contributed by atoms with Crippen LogP contribution >= 0.6 is 11.8 Å². The molecule has 0 radical (unpaired) electrons. The molecule has 0 aliphatic carbocycles. The number of thioether (sulfide) groups is 1. The minimum absolute atomic E-state index is 0.136. The fourth-order valence-corrected chi connectivity index (χ4v) is 4.56. The second-order valence-electron chi connectivity index (χ2n) is 6.92. The van der Waals surface area contributed by atoms with Crippen LogP contribution in [0, 0.1) is 0 Å². The van der Waals surface area contributed by atoms with Crippen molar-refractivity contribution in [2.75, 3.05) is 19.0 Å². The molecule has 2 aliphatic heterocycles. The van der Waals surface area contributed by atoms with E-state index in [2.05, 4.69) is 15.5 Å². The van der Waals surface area contributed by atoms with Gasteiger partial charge in [-0.25, -0.2) is 4.98 Å². The summed E-state index contributed by atoms with van der Waals surface area (Å²) in [7, 11) is 0. The van der Waals surface area contributed by atoms with Crippen LogP contribution in [0.1, 0.15) is 18.2 Å². The maximum absolute atomic E-state index is 12.4. The Balaban J connectivity index is 1.21. The molecule has 0 saturated carbocycles. The van der Waals surface area contributed by atoms with Crippen LogP contribution in [0.2, 0.25) is 0 Å². The fraction of sp³-hybridized carbons (Fsp3) is 0.300. The minimum Gasteiger partial charge on any atom is -0.486 e. The fourth-order valence-electron chi connectivity index (χ4n) is 3.44. The number of amides is 1. The smallest absolute Gasteiger partial charge is 0.254 e. The number of rotatable bonds is 5. The van der Waals surface area contributed by atoms with E-state index in [9.17, 15) is 9.59 Å². The van der Waals surface area contributed by atoms with Crippen LogP contribution in [0.15, 0.2) is 51.0 Å². The number of benzene rings is 1. The van der Waals surface area contributed by atoms with Gasteiger partial charge in [-0.15, -0.1) is 0 Å². The third kappa shape index (κ3) is 3.65. The van der Waals surface area contributed by atoms with Gasteiger partial charge in [-0.05, 0) is 18.2 Å².